The standard InChI is InChI=1S/C16H21F6N5O/c17-15(18,19)11(16(20,21)22)28-14-24-12(26-7-3-1-4-8-26)23-13(25-14)27-9-5-2-6-10-27/h11H,1-10H2. The molecule has 2 saturated heterocycles. The number of anilines is 2. The van der Waals surface area contributed by atoms with Gasteiger partial charge in [0.05, 0.1) is 0 Å². The fraction of sp³-hybridized carbons (Fsp3) is 0.812. The molecule has 3 rings (SSSR count). The average Bonchev–Trinajstić information content (AvgIpc) is 2.65. The summed E-state index contributed by atoms with van der Waals surface area (Å²) in [5.74, 6) is 0.0988. The van der Waals surface area contributed by atoms with Crippen LogP contribution in [0.3, 0.4) is 0 Å². The van der Waals surface area contributed by atoms with Gasteiger partial charge in [0.1, 0.15) is 0 Å². The summed E-state index contributed by atoms with van der Waals surface area (Å²) in [6, 6.07) is -0.962. The summed E-state index contributed by atoms with van der Waals surface area (Å²) in [5, 5.41) is 0. The van der Waals surface area contributed by atoms with Crippen LogP contribution in [0.4, 0.5) is 38.2 Å². The topological polar surface area (TPSA) is 54.4 Å². The Morgan fingerprint density at radius 2 is 1.04 bits per heavy atom. The normalized spacial score (nSPS) is 19.2. The molecule has 0 unspecified atom stereocenters. The van der Waals surface area contributed by atoms with E-state index in [1.54, 1.807) is 9.80 Å². The first-order valence-corrected chi connectivity index (χ1v) is 9.20. The van der Waals surface area contributed by atoms with E-state index < -0.39 is 24.5 Å². The molecular weight excluding hydrogens is 392 g/mol. The van der Waals surface area contributed by atoms with Crippen LogP contribution in [0.15, 0.2) is 0 Å². The van der Waals surface area contributed by atoms with Gasteiger partial charge in [-0.15, -0.1) is 0 Å². The molecule has 0 aliphatic carbocycles. The van der Waals surface area contributed by atoms with Gasteiger partial charge in [0.25, 0.3) is 6.10 Å². The highest BCUT2D eigenvalue weighted by molar-refractivity contribution is 5.41. The van der Waals surface area contributed by atoms with E-state index in [-0.39, 0.29) is 11.9 Å². The van der Waals surface area contributed by atoms with Gasteiger partial charge in [-0.25, -0.2) is 0 Å². The molecule has 2 fully saturated rings. The average molecular weight is 413 g/mol. The van der Waals surface area contributed by atoms with E-state index in [2.05, 4.69) is 19.7 Å². The predicted octanol–water partition coefficient (Wildman–Crippen LogP) is 3.72. The summed E-state index contributed by atoms with van der Waals surface area (Å²) in [6.07, 6.45) is -9.91. The first-order chi connectivity index (χ1) is 13.1. The number of aromatic nitrogens is 3. The molecule has 0 amide bonds. The summed E-state index contributed by atoms with van der Waals surface area (Å²) < 4.78 is 81.5. The highest BCUT2D eigenvalue weighted by Gasteiger charge is 2.59. The van der Waals surface area contributed by atoms with Crippen LogP contribution in [-0.4, -0.2) is 59.6 Å². The number of ether oxygens (including phenoxy) is 1. The third kappa shape index (κ3) is 5.07. The molecule has 2 aliphatic rings. The zero-order valence-electron chi connectivity index (χ0n) is 15.1. The van der Waals surface area contributed by atoms with Crippen LogP contribution in [0.2, 0.25) is 0 Å². The van der Waals surface area contributed by atoms with Crippen molar-refractivity contribution < 1.29 is 31.1 Å². The minimum absolute atomic E-state index is 0.0494. The third-order valence-electron chi connectivity index (χ3n) is 4.69. The molecule has 0 atom stereocenters. The Kier molecular flexibility index (Phi) is 6.04. The lowest BCUT2D eigenvalue weighted by atomic mass is 10.1. The van der Waals surface area contributed by atoms with E-state index in [4.69, 9.17) is 0 Å². The lowest BCUT2D eigenvalue weighted by molar-refractivity contribution is -0.301. The fourth-order valence-electron chi connectivity index (χ4n) is 3.28. The predicted molar refractivity (Wildman–Crippen MR) is 88.5 cm³/mol. The number of halogens is 6. The molecule has 3 heterocycles. The van der Waals surface area contributed by atoms with Gasteiger partial charge in [0, 0.05) is 26.2 Å². The molecule has 0 bridgehead atoms. The van der Waals surface area contributed by atoms with Crippen molar-refractivity contribution >= 4 is 11.9 Å². The molecule has 1 aromatic rings. The Hall–Kier alpha value is -2.01. The van der Waals surface area contributed by atoms with Gasteiger partial charge in [0.2, 0.25) is 11.9 Å². The summed E-state index contributed by atoms with van der Waals surface area (Å²) in [7, 11) is 0. The molecular formula is C16H21F6N5O. The fourth-order valence-corrected chi connectivity index (χ4v) is 3.28. The van der Waals surface area contributed by atoms with Crippen molar-refractivity contribution in [3.8, 4) is 6.01 Å². The van der Waals surface area contributed by atoms with Crippen molar-refractivity contribution in [2.24, 2.45) is 0 Å². The second-order valence-electron chi connectivity index (χ2n) is 6.89. The second-order valence-corrected chi connectivity index (χ2v) is 6.89. The van der Waals surface area contributed by atoms with Crippen LogP contribution in [0.5, 0.6) is 6.01 Å². The molecule has 1 aromatic heterocycles. The third-order valence-corrected chi connectivity index (χ3v) is 4.69. The number of piperidine rings is 2. The SMILES string of the molecule is FC(F)(F)C(Oc1nc(N2CCCCC2)nc(N2CCCCC2)n1)C(F)(F)F. The van der Waals surface area contributed by atoms with Crippen LogP contribution in [0.25, 0.3) is 0 Å². The number of hydrogen-bond acceptors (Lipinski definition) is 6. The van der Waals surface area contributed by atoms with Gasteiger partial charge < -0.3 is 14.5 Å². The Balaban J connectivity index is 1.93. The van der Waals surface area contributed by atoms with E-state index in [0.29, 0.717) is 26.2 Å². The Morgan fingerprint density at radius 3 is 1.39 bits per heavy atom. The first kappa shape index (κ1) is 20.7. The monoisotopic (exact) mass is 413 g/mol. The number of nitrogens with zero attached hydrogens (tertiary/aromatic N) is 5. The van der Waals surface area contributed by atoms with Crippen LogP contribution in [0, 0.1) is 0 Å². The van der Waals surface area contributed by atoms with E-state index in [0.717, 1.165) is 38.5 Å². The number of rotatable bonds is 4. The highest BCUT2D eigenvalue weighted by Crippen LogP contribution is 2.36. The Morgan fingerprint density at radius 1 is 0.643 bits per heavy atom. The van der Waals surface area contributed by atoms with E-state index >= 15 is 0 Å². The summed E-state index contributed by atoms with van der Waals surface area (Å²) >= 11 is 0. The Labute approximate surface area is 157 Å². The molecule has 0 saturated carbocycles. The summed E-state index contributed by atoms with van der Waals surface area (Å²) in [5.41, 5.74) is 0. The lowest BCUT2D eigenvalue weighted by Crippen LogP contribution is -2.47. The van der Waals surface area contributed by atoms with Gasteiger partial charge >= 0.3 is 18.4 Å². The van der Waals surface area contributed by atoms with Crippen LogP contribution in [0.1, 0.15) is 38.5 Å². The van der Waals surface area contributed by atoms with Gasteiger partial charge in [0.15, 0.2) is 0 Å². The van der Waals surface area contributed by atoms with Crippen LogP contribution in [-0.2, 0) is 0 Å². The van der Waals surface area contributed by atoms with E-state index in [1.807, 2.05) is 0 Å². The quantitative estimate of drug-likeness (QED) is 0.702. The maximum Gasteiger partial charge on any atom is 0.434 e. The van der Waals surface area contributed by atoms with Crippen LogP contribution < -0.4 is 14.5 Å². The largest absolute Gasteiger partial charge is 0.440 e. The maximum atomic E-state index is 12.9. The van der Waals surface area contributed by atoms with Gasteiger partial charge in [-0.05, 0) is 38.5 Å². The molecule has 12 heteroatoms. The van der Waals surface area contributed by atoms with Crippen molar-refractivity contribution in [2.75, 3.05) is 36.0 Å². The molecule has 158 valence electrons. The van der Waals surface area contributed by atoms with Crippen molar-refractivity contribution in [3.05, 3.63) is 0 Å². The van der Waals surface area contributed by atoms with Crippen molar-refractivity contribution in [2.45, 2.75) is 57.0 Å². The van der Waals surface area contributed by atoms with Gasteiger partial charge in [-0.3, -0.25) is 0 Å². The minimum Gasteiger partial charge on any atom is -0.440 e. The molecule has 28 heavy (non-hydrogen) atoms. The van der Waals surface area contributed by atoms with E-state index in [1.165, 1.54) is 0 Å². The number of alkyl halides is 6. The second kappa shape index (κ2) is 8.16. The lowest BCUT2D eigenvalue weighted by Gasteiger charge is -2.30. The first-order valence-electron chi connectivity index (χ1n) is 9.20. The van der Waals surface area contributed by atoms with Crippen LogP contribution >= 0.6 is 0 Å². The highest BCUT2D eigenvalue weighted by atomic mass is 19.4. The minimum atomic E-state index is -5.64. The zero-order valence-corrected chi connectivity index (χ0v) is 15.1. The van der Waals surface area contributed by atoms with Gasteiger partial charge in [-0.1, -0.05) is 0 Å². The van der Waals surface area contributed by atoms with Crippen molar-refractivity contribution in [3.63, 3.8) is 0 Å². The maximum absolute atomic E-state index is 12.9. The smallest absolute Gasteiger partial charge is 0.434 e. The van der Waals surface area contributed by atoms with Crippen molar-refractivity contribution in [1.29, 1.82) is 0 Å². The molecule has 0 N–H and O–H groups in total. The zero-order chi connectivity index (χ0) is 20.4. The van der Waals surface area contributed by atoms with Crippen molar-refractivity contribution in [1.82, 2.24) is 15.0 Å². The molecule has 0 spiro atoms. The molecule has 2 aliphatic heterocycles. The molecule has 0 radical (unpaired) electrons. The summed E-state index contributed by atoms with van der Waals surface area (Å²) in [6.45, 7) is 2.30. The molecule has 0 aromatic carbocycles. The number of hydrogen-bond donors (Lipinski definition) is 0. The molecule has 6 nitrogen and oxygen atoms in total. The van der Waals surface area contributed by atoms with E-state index in [9.17, 15) is 26.3 Å². The Bertz CT molecular complexity index is 606. The van der Waals surface area contributed by atoms with Gasteiger partial charge in [-0.2, -0.15) is 41.3 Å². The summed E-state index contributed by atoms with van der Waals surface area (Å²) in [4.78, 5) is 15.3.